The highest BCUT2D eigenvalue weighted by Gasteiger charge is 2.11. The highest BCUT2D eigenvalue weighted by molar-refractivity contribution is 7.98. The molecule has 4 heteroatoms. The Bertz CT molecular complexity index is 946. The topological polar surface area (TPSA) is 34.4 Å². The van der Waals surface area contributed by atoms with Crippen molar-refractivity contribution in [3.05, 3.63) is 75.3 Å². The molecule has 0 radical (unpaired) electrons. The Morgan fingerprint density at radius 3 is 2.91 bits per heavy atom. The van der Waals surface area contributed by atoms with Gasteiger partial charge in [0.1, 0.15) is 5.65 Å². The Hall–Kier alpha value is -2.07. The Balaban J connectivity index is 1.60. The van der Waals surface area contributed by atoms with Crippen LogP contribution in [0, 0.1) is 6.92 Å². The van der Waals surface area contributed by atoms with Gasteiger partial charge in [-0.2, -0.15) is 0 Å². The predicted molar refractivity (Wildman–Crippen MR) is 94.2 cm³/mol. The third kappa shape index (κ3) is 2.79. The van der Waals surface area contributed by atoms with Crippen molar-refractivity contribution in [1.82, 2.24) is 9.38 Å². The zero-order chi connectivity index (χ0) is 15.8. The molecule has 1 aliphatic carbocycles. The first-order chi connectivity index (χ1) is 11.2. The maximum atomic E-state index is 12.3. The first-order valence-corrected chi connectivity index (χ1v) is 8.92. The predicted octanol–water partition coefficient (Wildman–Crippen LogP) is 3.78. The van der Waals surface area contributed by atoms with Crippen LogP contribution in [0.3, 0.4) is 0 Å². The van der Waals surface area contributed by atoms with E-state index in [1.54, 1.807) is 22.2 Å². The van der Waals surface area contributed by atoms with Gasteiger partial charge in [-0.15, -0.1) is 11.8 Å². The standard InChI is InChI=1S/C19H18N2OS/c1-13-4-2-7-18-20-16(11-19(22)21(13)18)12-23-17-9-8-14-5-3-6-15(14)10-17/h2,4,7-11H,3,5-6,12H2,1H3. The molecule has 0 fully saturated rings. The molecule has 0 N–H and O–H groups in total. The molecular weight excluding hydrogens is 304 g/mol. The van der Waals surface area contributed by atoms with Gasteiger partial charge in [0.15, 0.2) is 0 Å². The molecule has 0 atom stereocenters. The minimum atomic E-state index is -0.00217. The van der Waals surface area contributed by atoms with Gasteiger partial charge in [0.2, 0.25) is 0 Å². The van der Waals surface area contributed by atoms with Crippen molar-refractivity contribution in [2.75, 3.05) is 0 Å². The molecule has 2 heterocycles. The second kappa shape index (κ2) is 5.85. The van der Waals surface area contributed by atoms with Crippen LogP contribution in [-0.4, -0.2) is 9.38 Å². The fourth-order valence-corrected chi connectivity index (χ4v) is 4.09. The van der Waals surface area contributed by atoms with E-state index in [9.17, 15) is 4.79 Å². The van der Waals surface area contributed by atoms with E-state index >= 15 is 0 Å². The van der Waals surface area contributed by atoms with E-state index in [0.717, 1.165) is 22.8 Å². The summed E-state index contributed by atoms with van der Waals surface area (Å²) in [5.74, 6) is 0.721. The number of thioether (sulfide) groups is 1. The van der Waals surface area contributed by atoms with Crippen molar-refractivity contribution in [3.63, 3.8) is 0 Å². The molecule has 116 valence electrons. The van der Waals surface area contributed by atoms with Gasteiger partial charge in [0, 0.05) is 22.4 Å². The molecule has 0 amide bonds. The summed E-state index contributed by atoms with van der Waals surface area (Å²) >= 11 is 1.75. The maximum Gasteiger partial charge on any atom is 0.258 e. The van der Waals surface area contributed by atoms with E-state index in [1.165, 1.54) is 35.3 Å². The van der Waals surface area contributed by atoms with Crippen LogP contribution < -0.4 is 5.56 Å². The molecule has 23 heavy (non-hydrogen) atoms. The zero-order valence-corrected chi connectivity index (χ0v) is 13.9. The Labute approximate surface area is 139 Å². The van der Waals surface area contributed by atoms with Crippen LogP contribution in [0.2, 0.25) is 0 Å². The third-order valence-corrected chi connectivity index (χ3v) is 5.42. The van der Waals surface area contributed by atoms with Crippen LogP contribution in [0.5, 0.6) is 0 Å². The Kier molecular flexibility index (Phi) is 3.69. The van der Waals surface area contributed by atoms with Crippen LogP contribution in [0.4, 0.5) is 0 Å². The number of fused-ring (bicyclic) bond motifs is 2. The average Bonchev–Trinajstić information content (AvgIpc) is 3.00. The van der Waals surface area contributed by atoms with Gasteiger partial charge in [0.05, 0.1) is 5.69 Å². The summed E-state index contributed by atoms with van der Waals surface area (Å²) in [7, 11) is 0. The summed E-state index contributed by atoms with van der Waals surface area (Å²) in [6, 6.07) is 14.1. The minimum Gasteiger partial charge on any atom is -0.269 e. The quantitative estimate of drug-likeness (QED) is 0.688. The Morgan fingerprint density at radius 2 is 2.00 bits per heavy atom. The lowest BCUT2D eigenvalue weighted by Gasteiger charge is -2.07. The molecule has 4 rings (SSSR count). The minimum absolute atomic E-state index is 0.00217. The number of hydrogen-bond acceptors (Lipinski definition) is 3. The monoisotopic (exact) mass is 322 g/mol. The number of benzene rings is 1. The van der Waals surface area contributed by atoms with Gasteiger partial charge in [-0.3, -0.25) is 9.20 Å². The van der Waals surface area contributed by atoms with Crippen LogP contribution in [-0.2, 0) is 18.6 Å². The van der Waals surface area contributed by atoms with Crippen LogP contribution in [0.25, 0.3) is 5.65 Å². The van der Waals surface area contributed by atoms with Crippen molar-refractivity contribution in [3.8, 4) is 0 Å². The van der Waals surface area contributed by atoms with Crippen molar-refractivity contribution in [1.29, 1.82) is 0 Å². The number of aryl methyl sites for hydroxylation is 3. The molecule has 1 aliphatic rings. The second-order valence-electron chi connectivity index (χ2n) is 6.02. The van der Waals surface area contributed by atoms with Crippen LogP contribution in [0.1, 0.15) is 28.9 Å². The fourth-order valence-electron chi connectivity index (χ4n) is 3.23. The molecule has 0 spiro atoms. The lowest BCUT2D eigenvalue weighted by molar-refractivity contribution is 0.911. The van der Waals surface area contributed by atoms with E-state index in [0.29, 0.717) is 0 Å². The first-order valence-electron chi connectivity index (χ1n) is 7.94. The highest BCUT2D eigenvalue weighted by Crippen LogP contribution is 2.29. The van der Waals surface area contributed by atoms with E-state index in [2.05, 4.69) is 23.2 Å². The van der Waals surface area contributed by atoms with Gasteiger partial charge in [-0.05, 0) is 61.6 Å². The Morgan fingerprint density at radius 1 is 1.13 bits per heavy atom. The molecule has 3 nitrogen and oxygen atoms in total. The molecule has 3 aromatic rings. The normalized spacial score (nSPS) is 13.4. The molecule has 0 saturated carbocycles. The molecule has 1 aromatic carbocycles. The molecule has 0 bridgehead atoms. The number of rotatable bonds is 3. The summed E-state index contributed by atoms with van der Waals surface area (Å²) in [4.78, 5) is 18.2. The van der Waals surface area contributed by atoms with Crippen molar-refractivity contribution >= 4 is 17.4 Å². The number of hydrogen-bond donors (Lipinski definition) is 0. The molecular formula is C19H18N2OS. The van der Waals surface area contributed by atoms with Gasteiger partial charge >= 0.3 is 0 Å². The summed E-state index contributed by atoms with van der Waals surface area (Å²) in [6.07, 6.45) is 3.67. The van der Waals surface area contributed by atoms with E-state index in [1.807, 2.05) is 25.1 Å². The maximum absolute atomic E-state index is 12.3. The van der Waals surface area contributed by atoms with Gasteiger partial charge < -0.3 is 0 Å². The van der Waals surface area contributed by atoms with Crippen molar-refractivity contribution < 1.29 is 0 Å². The molecule has 0 unspecified atom stereocenters. The van der Waals surface area contributed by atoms with Gasteiger partial charge in [-0.25, -0.2) is 4.98 Å². The summed E-state index contributed by atoms with van der Waals surface area (Å²) in [6.45, 7) is 1.93. The summed E-state index contributed by atoms with van der Waals surface area (Å²) < 4.78 is 1.66. The molecule has 0 aliphatic heterocycles. The van der Waals surface area contributed by atoms with Crippen LogP contribution >= 0.6 is 11.8 Å². The lowest BCUT2D eigenvalue weighted by atomic mass is 10.1. The second-order valence-corrected chi connectivity index (χ2v) is 7.07. The summed E-state index contributed by atoms with van der Waals surface area (Å²) in [5.41, 5.74) is 5.45. The smallest absolute Gasteiger partial charge is 0.258 e. The highest BCUT2D eigenvalue weighted by atomic mass is 32.2. The molecule has 0 saturated heterocycles. The number of aromatic nitrogens is 2. The van der Waals surface area contributed by atoms with Crippen molar-refractivity contribution in [2.24, 2.45) is 0 Å². The zero-order valence-electron chi connectivity index (χ0n) is 13.1. The van der Waals surface area contributed by atoms with E-state index in [4.69, 9.17) is 0 Å². The SMILES string of the molecule is Cc1cccc2nc(CSc3ccc4c(c3)CCC4)cc(=O)n12. The largest absolute Gasteiger partial charge is 0.269 e. The number of nitrogens with zero attached hydrogens (tertiary/aromatic N) is 2. The first kappa shape index (κ1) is 14.5. The lowest BCUT2D eigenvalue weighted by Crippen LogP contribution is -2.17. The van der Waals surface area contributed by atoms with E-state index in [-0.39, 0.29) is 5.56 Å². The summed E-state index contributed by atoms with van der Waals surface area (Å²) in [5, 5.41) is 0. The van der Waals surface area contributed by atoms with E-state index < -0.39 is 0 Å². The molecule has 2 aromatic heterocycles. The van der Waals surface area contributed by atoms with Crippen molar-refractivity contribution in [2.45, 2.75) is 36.8 Å². The van der Waals surface area contributed by atoms with Crippen LogP contribution in [0.15, 0.2) is 52.2 Å². The fraction of sp³-hybridized carbons (Fsp3) is 0.263. The average molecular weight is 322 g/mol. The number of pyridine rings is 1. The van der Waals surface area contributed by atoms with Gasteiger partial charge in [0.25, 0.3) is 5.56 Å². The third-order valence-electron chi connectivity index (χ3n) is 4.39. The van der Waals surface area contributed by atoms with Gasteiger partial charge in [-0.1, -0.05) is 12.1 Å².